The molecule has 0 saturated heterocycles. The van der Waals surface area contributed by atoms with E-state index in [9.17, 15) is 0 Å². The van der Waals surface area contributed by atoms with Crippen molar-refractivity contribution in [2.75, 3.05) is 20.8 Å². The lowest BCUT2D eigenvalue weighted by molar-refractivity contribution is 0.0972. The van der Waals surface area contributed by atoms with Crippen molar-refractivity contribution in [2.45, 2.75) is 32.2 Å². The Morgan fingerprint density at radius 2 is 1.93 bits per heavy atom. The van der Waals surface area contributed by atoms with Gasteiger partial charge in [0.25, 0.3) is 0 Å². The second-order valence-electron chi connectivity index (χ2n) is 2.95. The fourth-order valence-corrected chi connectivity index (χ4v) is 3.19. The van der Waals surface area contributed by atoms with Gasteiger partial charge in [0, 0.05) is 33.3 Å². The summed E-state index contributed by atoms with van der Waals surface area (Å²) in [6, 6.07) is 2.90. The van der Waals surface area contributed by atoms with E-state index < -0.39 is 8.80 Å². The summed E-state index contributed by atoms with van der Waals surface area (Å²) in [7, 11) is 0.839. The zero-order valence-electron chi connectivity index (χ0n) is 9.21. The molecule has 0 unspecified atom stereocenters. The van der Waals surface area contributed by atoms with E-state index >= 15 is 0 Å². The van der Waals surface area contributed by atoms with Crippen LogP contribution in [0, 0.1) is 11.3 Å². The third kappa shape index (κ3) is 4.72. The largest absolute Gasteiger partial charge is 0.500 e. The average molecular weight is 217 g/mol. The molecule has 0 heterocycles. The lowest BCUT2D eigenvalue weighted by Gasteiger charge is -2.25. The Morgan fingerprint density at radius 1 is 1.29 bits per heavy atom. The Morgan fingerprint density at radius 3 is 2.36 bits per heavy atom. The standard InChI is InChI=1S/C9H19NO3Si/c1-4-9-14(11-2,12-3)13-8-6-5-7-10/h4-6,8-9H2,1-3H3. The maximum absolute atomic E-state index is 8.36. The number of hydrogen-bond acceptors (Lipinski definition) is 4. The molecule has 0 fully saturated rings. The van der Waals surface area contributed by atoms with E-state index in [1.165, 1.54) is 0 Å². The van der Waals surface area contributed by atoms with E-state index in [0.717, 1.165) is 18.9 Å². The van der Waals surface area contributed by atoms with Crippen LogP contribution in [0.25, 0.3) is 0 Å². The normalized spacial score (nSPS) is 11.3. The highest BCUT2D eigenvalue weighted by molar-refractivity contribution is 6.60. The van der Waals surface area contributed by atoms with Gasteiger partial charge in [0.05, 0.1) is 6.07 Å². The van der Waals surface area contributed by atoms with Gasteiger partial charge in [0.1, 0.15) is 0 Å². The minimum atomic E-state index is -2.40. The second kappa shape index (κ2) is 7.94. The fourth-order valence-electron chi connectivity index (χ4n) is 1.16. The van der Waals surface area contributed by atoms with E-state index in [0.29, 0.717) is 13.0 Å². The number of rotatable bonds is 8. The van der Waals surface area contributed by atoms with E-state index in [2.05, 4.69) is 13.0 Å². The Balaban J connectivity index is 3.89. The summed E-state index contributed by atoms with van der Waals surface area (Å²) in [5.41, 5.74) is 0. The number of hydrogen-bond donors (Lipinski definition) is 0. The van der Waals surface area contributed by atoms with Gasteiger partial charge in [0.15, 0.2) is 0 Å². The Kier molecular flexibility index (Phi) is 7.71. The van der Waals surface area contributed by atoms with Crippen LogP contribution in [0.5, 0.6) is 0 Å². The third-order valence-corrected chi connectivity index (χ3v) is 4.93. The van der Waals surface area contributed by atoms with Gasteiger partial charge >= 0.3 is 8.80 Å². The van der Waals surface area contributed by atoms with Crippen LogP contribution in [0.15, 0.2) is 0 Å². The molecule has 0 aromatic rings. The van der Waals surface area contributed by atoms with Crippen molar-refractivity contribution in [1.82, 2.24) is 0 Å². The van der Waals surface area contributed by atoms with Crippen molar-refractivity contribution in [1.29, 1.82) is 5.26 Å². The van der Waals surface area contributed by atoms with Gasteiger partial charge in [-0.2, -0.15) is 5.26 Å². The fraction of sp³-hybridized carbons (Fsp3) is 0.889. The number of nitrogens with zero attached hydrogens (tertiary/aromatic N) is 1. The minimum Gasteiger partial charge on any atom is -0.377 e. The predicted molar refractivity (Wildman–Crippen MR) is 55.7 cm³/mol. The molecule has 82 valence electrons. The van der Waals surface area contributed by atoms with Crippen molar-refractivity contribution in [3.63, 3.8) is 0 Å². The first-order valence-electron chi connectivity index (χ1n) is 4.86. The highest BCUT2D eigenvalue weighted by atomic mass is 28.4. The van der Waals surface area contributed by atoms with Gasteiger partial charge in [-0.1, -0.05) is 13.3 Å². The summed E-state index contributed by atoms with van der Waals surface area (Å²) in [4.78, 5) is 0. The zero-order valence-corrected chi connectivity index (χ0v) is 10.2. The molecule has 5 heteroatoms. The first-order chi connectivity index (χ1) is 6.74. The van der Waals surface area contributed by atoms with Crippen molar-refractivity contribution in [3.05, 3.63) is 0 Å². The lowest BCUT2D eigenvalue weighted by atomic mass is 10.4. The zero-order chi connectivity index (χ0) is 10.9. The Hall–Kier alpha value is -0.413. The molecule has 0 aliphatic heterocycles. The summed E-state index contributed by atoms with van der Waals surface area (Å²) >= 11 is 0. The molecular weight excluding hydrogens is 198 g/mol. The number of nitriles is 1. The monoisotopic (exact) mass is 217 g/mol. The van der Waals surface area contributed by atoms with Gasteiger partial charge < -0.3 is 13.3 Å². The van der Waals surface area contributed by atoms with Gasteiger partial charge in [-0.25, -0.2) is 0 Å². The van der Waals surface area contributed by atoms with E-state index in [1.807, 2.05) is 0 Å². The van der Waals surface area contributed by atoms with E-state index in [-0.39, 0.29) is 0 Å². The minimum absolute atomic E-state index is 0.518. The Bertz CT molecular complexity index is 177. The smallest absolute Gasteiger partial charge is 0.377 e. The van der Waals surface area contributed by atoms with Crippen LogP contribution >= 0.6 is 0 Å². The molecule has 0 bridgehead atoms. The van der Waals surface area contributed by atoms with E-state index in [4.69, 9.17) is 18.5 Å². The van der Waals surface area contributed by atoms with Crippen LogP contribution in [0.2, 0.25) is 6.04 Å². The highest BCUT2D eigenvalue weighted by Gasteiger charge is 2.37. The topological polar surface area (TPSA) is 51.5 Å². The molecule has 0 N–H and O–H groups in total. The summed E-state index contributed by atoms with van der Waals surface area (Å²) in [5, 5.41) is 8.36. The van der Waals surface area contributed by atoms with Crippen LogP contribution in [-0.2, 0) is 13.3 Å². The van der Waals surface area contributed by atoms with Crippen molar-refractivity contribution in [3.8, 4) is 6.07 Å². The van der Waals surface area contributed by atoms with Crippen LogP contribution in [0.3, 0.4) is 0 Å². The molecule has 0 atom stereocenters. The molecule has 0 aliphatic carbocycles. The molecule has 4 nitrogen and oxygen atoms in total. The average Bonchev–Trinajstić information content (AvgIpc) is 2.23. The number of unbranched alkanes of at least 4 members (excludes halogenated alkanes) is 1. The molecule has 14 heavy (non-hydrogen) atoms. The van der Waals surface area contributed by atoms with Crippen molar-refractivity contribution in [2.24, 2.45) is 0 Å². The van der Waals surface area contributed by atoms with Crippen molar-refractivity contribution < 1.29 is 13.3 Å². The Labute approximate surface area is 87.1 Å². The lowest BCUT2D eigenvalue weighted by Crippen LogP contribution is -2.43. The van der Waals surface area contributed by atoms with Crippen molar-refractivity contribution >= 4 is 8.80 Å². The van der Waals surface area contributed by atoms with Gasteiger partial charge in [0.2, 0.25) is 0 Å². The first kappa shape index (κ1) is 13.6. The molecule has 0 saturated carbocycles. The van der Waals surface area contributed by atoms with Crippen LogP contribution in [0.4, 0.5) is 0 Å². The maximum Gasteiger partial charge on any atom is 0.500 e. The quantitative estimate of drug-likeness (QED) is 0.460. The van der Waals surface area contributed by atoms with Crippen LogP contribution in [-0.4, -0.2) is 29.6 Å². The molecule has 0 aromatic carbocycles. The highest BCUT2D eigenvalue weighted by Crippen LogP contribution is 2.16. The predicted octanol–water partition coefficient (Wildman–Crippen LogP) is 1.95. The molecule has 0 rings (SSSR count). The maximum atomic E-state index is 8.36. The SMILES string of the molecule is CCC[Si](OC)(OC)OCCCC#N. The van der Waals surface area contributed by atoms with E-state index in [1.54, 1.807) is 14.2 Å². The summed E-state index contributed by atoms with van der Waals surface area (Å²) in [6.07, 6.45) is 2.23. The molecule has 0 aromatic heterocycles. The third-order valence-electron chi connectivity index (χ3n) is 1.93. The van der Waals surface area contributed by atoms with Gasteiger partial charge in [-0.15, -0.1) is 0 Å². The second-order valence-corrected chi connectivity index (χ2v) is 5.92. The van der Waals surface area contributed by atoms with Gasteiger partial charge in [-0.3, -0.25) is 0 Å². The van der Waals surface area contributed by atoms with Crippen LogP contribution < -0.4 is 0 Å². The summed E-state index contributed by atoms with van der Waals surface area (Å²) < 4.78 is 16.3. The molecular formula is C9H19NO3Si. The molecule has 0 amide bonds. The first-order valence-corrected chi connectivity index (χ1v) is 6.79. The summed E-state index contributed by atoms with van der Waals surface area (Å²) in [6.45, 7) is 2.61. The molecule has 0 spiro atoms. The molecule has 0 radical (unpaired) electrons. The van der Waals surface area contributed by atoms with Gasteiger partial charge in [-0.05, 0) is 6.42 Å². The summed E-state index contributed by atoms with van der Waals surface area (Å²) in [5.74, 6) is 0. The van der Waals surface area contributed by atoms with Crippen LogP contribution in [0.1, 0.15) is 26.2 Å². The molecule has 0 aliphatic rings.